The zero-order valence-corrected chi connectivity index (χ0v) is 21.4. The van der Waals surface area contributed by atoms with Crippen LogP contribution in [-0.2, 0) is 15.8 Å². The molecule has 7 atom stereocenters. The van der Waals surface area contributed by atoms with Gasteiger partial charge in [0.2, 0.25) is 11.8 Å². The molecule has 13 heteroatoms. The largest absolute Gasteiger partial charge is 0.416 e. The number of H-pyrrole nitrogens is 1. The number of thiazole rings is 1. The van der Waals surface area contributed by atoms with Gasteiger partial charge in [-0.3, -0.25) is 29.4 Å². The number of anilines is 1. The maximum absolute atomic E-state index is 13.7. The average molecular weight is 574 g/mol. The molecule has 1 aromatic heterocycles. The number of hydrogen-bond donors (Lipinski definition) is 1. The molecule has 0 spiro atoms. The van der Waals surface area contributed by atoms with Gasteiger partial charge in [0.15, 0.2) is 0 Å². The summed E-state index contributed by atoms with van der Waals surface area (Å²) in [5.41, 5.74) is -0.464. The van der Waals surface area contributed by atoms with E-state index in [4.69, 9.17) is 0 Å². The van der Waals surface area contributed by atoms with Crippen molar-refractivity contribution in [3.8, 4) is 0 Å². The number of alkyl halides is 3. The number of fused-ring (bicyclic) bond motifs is 9. The van der Waals surface area contributed by atoms with Crippen molar-refractivity contribution in [3.63, 3.8) is 0 Å². The van der Waals surface area contributed by atoms with Crippen LogP contribution in [0.4, 0.5) is 24.5 Å². The van der Waals surface area contributed by atoms with E-state index in [9.17, 15) is 37.7 Å². The van der Waals surface area contributed by atoms with Gasteiger partial charge in [0.1, 0.15) is 0 Å². The highest BCUT2D eigenvalue weighted by Gasteiger charge is 2.69. The van der Waals surface area contributed by atoms with Crippen LogP contribution < -0.4 is 9.77 Å². The highest BCUT2D eigenvalue weighted by Crippen LogP contribution is 2.68. The van der Waals surface area contributed by atoms with Crippen molar-refractivity contribution in [2.24, 2.45) is 29.6 Å². The summed E-state index contributed by atoms with van der Waals surface area (Å²) < 4.78 is 40.1. The van der Waals surface area contributed by atoms with E-state index in [0.717, 1.165) is 33.2 Å². The van der Waals surface area contributed by atoms with Gasteiger partial charge in [-0.1, -0.05) is 29.5 Å². The standard InChI is InChI=1S/C26H18F3N3O5S2/c27-26(28,29)11-4-2-5-12(8-11)31-23(33)18-14-9-15(19(18)24(31)34)20-17(14)16(21-22(38-20)30-25(35)39-21)10-3-1-6-13(7-10)32(36)37/h1-8,14-20H,9H2,(H,30,35). The molecule has 4 aliphatic rings. The second-order valence-corrected chi connectivity index (χ2v) is 12.6. The number of carbonyl (C=O) groups excluding carboxylic acids is 2. The number of nitro benzene ring substituents is 1. The SMILES string of the molecule is O=C1C2C3CC(C2C(=O)N1c1cccc(C(F)(F)F)c1)C1C(c2cccc([N+](=O)[O-])c2)c2sc(=O)[nH]c2SC31. The highest BCUT2D eigenvalue weighted by molar-refractivity contribution is 8.00. The Kier molecular flexibility index (Phi) is 5.22. The molecule has 2 amide bonds. The summed E-state index contributed by atoms with van der Waals surface area (Å²) in [7, 11) is 0. The zero-order chi connectivity index (χ0) is 27.4. The van der Waals surface area contributed by atoms with Crippen LogP contribution in [0.2, 0.25) is 0 Å². The van der Waals surface area contributed by atoms with E-state index < -0.39 is 46.2 Å². The van der Waals surface area contributed by atoms with Crippen LogP contribution in [0.1, 0.15) is 28.3 Å². The molecule has 2 aromatic carbocycles. The predicted molar refractivity (Wildman–Crippen MR) is 136 cm³/mol. The van der Waals surface area contributed by atoms with Gasteiger partial charge in [-0.05, 0) is 47.9 Å². The monoisotopic (exact) mass is 573 g/mol. The molecule has 2 saturated carbocycles. The molecule has 7 unspecified atom stereocenters. The van der Waals surface area contributed by atoms with Crippen LogP contribution in [-0.4, -0.2) is 27.0 Å². The van der Waals surface area contributed by atoms with Crippen molar-refractivity contribution in [2.45, 2.75) is 28.8 Å². The molecule has 3 fully saturated rings. The number of carbonyl (C=O) groups is 2. The molecule has 1 N–H and O–H groups in total. The van der Waals surface area contributed by atoms with E-state index in [1.54, 1.807) is 12.1 Å². The molecule has 200 valence electrons. The van der Waals surface area contributed by atoms with Gasteiger partial charge in [-0.25, -0.2) is 0 Å². The molecule has 2 aliphatic heterocycles. The maximum atomic E-state index is 13.7. The lowest BCUT2D eigenvalue weighted by molar-refractivity contribution is -0.384. The van der Waals surface area contributed by atoms with Crippen LogP contribution >= 0.6 is 23.1 Å². The summed E-state index contributed by atoms with van der Waals surface area (Å²) in [5, 5.41) is 12.0. The molecule has 0 radical (unpaired) electrons. The number of imide groups is 1. The third-order valence-corrected chi connectivity index (χ3v) is 11.2. The first-order valence-electron chi connectivity index (χ1n) is 12.2. The molecule has 1 saturated heterocycles. The number of aromatic nitrogens is 1. The van der Waals surface area contributed by atoms with E-state index in [0.29, 0.717) is 17.0 Å². The van der Waals surface area contributed by atoms with E-state index in [1.807, 2.05) is 0 Å². The number of aromatic amines is 1. The molecule has 3 heterocycles. The summed E-state index contributed by atoms with van der Waals surface area (Å²) in [4.78, 5) is 55.0. The highest BCUT2D eigenvalue weighted by atomic mass is 32.2. The van der Waals surface area contributed by atoms with Gasteiger partial charge in [0.25, 0.3) is 5.69 Å². The Bertz CT molecular complexity index is 1630. The molecule has 8 nitrogen and oxygen atoms in total. The number of nitro groups is 1. The maximum Gasteiger partial charge on any atom is 0.416 e. The average Bonchev–Trinajstić information content (AvgIpc) is 3.62. The number of nitrogens with one attached hydrogen (secondary N) is 1. The molecule has 2 aliphatic carbocycles. The van der Waals surface area contributed by atoms with Crippen LogP contribution in [0.3, 0.4) is 0 Å². The van der Waals surface area contributed by atoms with Crippen molar-refractivity contribution in [1.82, 2.24) is 4.98 Å². The lowest BCUT2D eigenvalue weighted by Gasteiger charge is -2.42. The lowest BCUT2D eigenvalue weighted by Crippen LogP contribution is -2.42. The molecular weight excluding hydrogens is 555 g/mol. The Morgan fingerprint density at radius 1 is 1.00 bits per heavy atom. The quantitative estimate of drug-likeness (QED) is 0.267. The topological polar surface area (TPSA) is 113 Å². The second kappa shape index (κ2) is 8.28. The Hall–Kier alpha value is -3.45. The lowest BCUT2D eigenvalue weighted by atomic mass is 9.68. The zero-order valence-electron chi connectivity index (χ0n) is 19.8. The number of nitrogens with zero attached hydrogens (tertiary/aromatic N) is 2. The molecule has 2 bridgehead atoms. The summed E-state index contributed by atoms with van der Waals surface area (Å²) >= 11 is 2.51. The minimum Gasteiger partial charge on any atom is -0.307 e. The number of non-ortho nitro benzene ring substituents is 1. The minimum atomic E-state index is -4.62. The van der Waals surface area contributed by atoms with E-state index in [1.165, 1.54) is 36.0 Å². The smallest absolute Gasteiger partial charge is 0.307 e. The van der Waals surface area contributed by atoms with Crippen LogP contribution in [0.15, 0.2) is 58.4 Å². The van der Waals surface area contributed by atoms with Gasteiger partial charge in [-0.2, -0.15) is 13.2 Å². The molecule has 3 aromatic rings. The number of hydrogen-bond acceptors (Lipinski definition) is 7. The second-order valence-electron chi connectivity index (χ2n) is 10.4. The Labute approximate surface area is 226 Å². The number of halogens is 3. The first kappa shape index (κ1) is 24.6. The minimum absolute atomic E-state index is 0.0874. The van der Waals surface area contributed by atoms with Gasteiger partial charge < -0.3 is 4.98 Å². The number of amides is 2. The van der Waals surface area contributed by atoms with Crippen LogP contribution in [0.5, 0.6) is 0 Å². The Morgan fingerprint density at radius 2 is 1.72 bits per heavy atom. The Balaban J connectivity index is 1.31. The summed E-state index contributed by atoms with van der Waals surface area (Å²) in [6, 6.07) is 10.5. The third kappa shape index (κ3) is 3.48. The predicted octanol–water partition coefficient (Wildman–Crippen LogP) is 5.04. The summed E-state index contributed by atoms with van der Waals surface area (Å²) in [6.07, 6.45) is -4.03. The van der Waals surface area contributed by atoms with Gasteiger partial charge >= 0.3 is 11.0 Å². The number of thioether (sulfide) groups is 1. The van der Waals surface area contributed by atoms with E-state index in [2.05, 4.69) is 4.98 Å². The van der Waals surface area contributed by atoms with Gasteiger partial charge in [0, 0.05) is 28.2 Å². The fourth-order valence-corrected chi connectivity index (χ4v) is 10.2. The van der Waals surface area contributed by atoms with Crippen molar-refractivity contribution in [1.29, 1.82) is 0 Å². The van der Waals surface area contributed by atoms with Gasteiger partial charge in [0.05, 0.1) is 33.0 Å². The summed E-state index contributed by atoms with van der Waals surface area (Å²) in [6.45, 7) is 0. The van der Waals surface area contributed by atoms with Gasteiger partial charge in [-0.15, -0.1) is 11.8 Å². The molecule has 7 rings (SSSR count). The first-order valence-corrected chi connectivity index (χ1v) is 13.9. The van der Waals surface area contributed by atoms with Crippen molar-refractivity contribution < 1.29 is 27.7 Å². The third-order valence-electron chi connectivity index (χ3n) is 8.60. The normalized spacial score (nSPS) is 30.8. The fourth-order valence-electron chi connectivity index (χ4n) is 7.30. The van der Waals surface area contributed by atoms with Crippen LogP contribution in [0, 0.1) is 39.7 Å². The number of benzene rings is 2. The van der Waals surface area contributed by atoms with E-state index in [-0.39, 0.29) is 39.3 Å². The summed E-state index contributed by atoms with van der Waals surface area (Å²) in [5.74, 6) is -3.42. The van der Waals surface area contributed by atoms with Crippen LogP contribution in [0.25, 0.3) is 0 Å². The Morgan fingerprint density at radius 3 is 2.44 bits per heavy atom. The number of rotatable bonds is 3. The fraction of sp³-hybridized carbons (Fsp3) is 0.346. The van der Waals surface area contributed by atoms with Crippen molar-refractivity contribution in [2.75, 3.05) is 4.90 Å². The molecule has 39 heavy (non-hydrogen) atoms. The first-order chi connectivity index (χ1) is 18.5. The van der Waals surface area contributed by atoms with E-state index >= 15 is 0 Å². The van der Waals surface area contributed by atoms with Crippen molar-refractivity contribution in [3.05, 3.63) is 84.3 Å². The molecular formula is C26H18F3N3O5S2. The van der Waals surface area contributed by atoms with Crippen molar-refractivity contribution >= 4 is 46.3 Å².